The molecular weight excluding hydrogens is 525 g/mol. The quantitative estimate of drug-likeness (QED) is 0.317. The Bertz CT molecular complexity index is 2000. The highest BCUT2D eigenvalue weighted by Crippen LogP contribution is 2.32. The van der Waals surface area contributed by atoms with E-state index in [-0.39, 0.29) is 28.4 Å². The standard InChI is InChI=1S/C30H24FN7O3/c1-17(35-29(39)26-27(32)36-37-13-7-12-33-28(26)37)23-14-18-8-6-11-20(21-15-24(41-2)34-16-22(21)31)25(18)30(40)38(23)19-9-4-3-5-10-19/h3-17H,1-2H3,(H2,32,36)(H,35,39)/t17-/m0/s1. The first-order valence-corrected chi connectivity index (χ1v) is 12.7. The molecule has 0 aliphatic rings. The number of hydrogen-bond donors (Lipinski definition) is 2. The van der Waals surface area contributed by atoms with Crippen LogP contribution in [0.1, 0.15) is 29.0 Å². The van der Waals surface area contributed by atoms with Gasteiger partial charge in [0.1, 0.15) is 11.4 Å². The average molecular weight is 550 g/mol. The van der Waals surface area contributed by atoms with Crippen molar-refractivity contribution >= 4 is 28.1 Å². The minimum absolute atomic E-state index is 0.0341. The molecule has 0 aliphatic carbocycles. The molecule has 1 atom stereocenters. The Balaban J connectivity index is 1.53. The largest absolute Gasteiger partial charge is 0.481 e. The first-order valence-electron chi connectivity index (χ1n) is 12.7. The van der Waals surface area contributed by atoms with Crippen molar-refractivity contribution in [1.29, 1.82) is 0 Å². The van der Waals surface area contributed by atoms with Crippen molar-refractivity contribution in [2.24, 2.45) is 0 Å². The van der Waals surface area contributed by atoms with Crippen molar-refractivity contribution in [3.8, 4) is 22.7 Å². The van der Waals surface area contributed by atoms with Gasteiger partial charge in [-0.05, 0) is 42.1 Å². The number of methoxy groups -OCH3 is 1. The average Bonchev–Trinajstić information content (AvgIpc) is 3.33. The van der Waals surface area contributed by atoms with Crippen molar-refractivity contribution in [2.75, 3.05) is 12.8 Å². The number of amides is 1. The summed E-state index contributed by atoms with van der Waals surface area (Å²) >= 11 is 0. The van der Waals surface area contributed by atoms with Gasteiger partial charge >= 0.3 is 0 Å². The van der Waals surface area contributed by atoms with Gasteiger partial charge < -0.3 is 15.8 Å². The summed E-state index contributed by atoms with van der Waals surface area (Å²) in [5, 5.41) is 7.99. The molecule has 6 rings (SSSR count). The number of rotatable bonds is 6. The SMILES string of the molecule is COc1cc(-c2cccc3cc([C@H](C)NC(=O)c4c(N)nn5cccnc45)n(-c4ccccc4)c(=O)c23)c(F)cn1. The number of hydrogen-bond acceptors (Lipinski definition) is 7. The number of ether oxygens (including phenoxy) is 1. The molecule has 4 aromatic heterocycles. The number of fused-ring (bicyclic) bond motifs is 2. The number of nitrogens with zero attached hydrogens (tertiary/aromatic N) is 5. The van der Waals surface area contributed by atoms with Gasteiger partial charge in [-0.25, -0.2) is 18.9 Å². The van der Waals surface area contributed by atoms with Crippen LogP contribution < -0.4 is 21.3 Å². The summed E-state index contributed by atoms with van der Waals surface area (Å²) in [4.78, 5) is 35.9. The fourth-order valence-electron chi connectivity index (χ4n) is 4.97. The van der Waals surface area contributed by atoms with E-state index in [4.69, 9.17) is 10.5 Å². The Morgan fingerprint density at radius 1 is 1.05 bits per heavy atom. The van der Waals surface area contributed by atoms with Gasteiger partial charge in [0, 0.05) is 35.4 Å². The number of nitrogen functional groups attached to an aromatic ring is 1. The highest BCUT2D eigenvalue weighted by Gasteiger charge is 2.24. The molecule has 3 N–H and O–H groups in total. The Kier molecular flexibility index (Phi) is 6.38. The number of para-hydroxylation sites is 1. The second-order valence-electron chi connectivity index (χ2n) is 9.36. The number of pyridine rings is 2. The van der Waals surface area contributed by atoms with E-state index in [0.717, 1.165) is 6.20 Å². The maximum absolute atomic E-state index is 15.0. The van der Waals surface area contributed by atoms with Crippen LogP contribution in [0.3, 0.4) is 0 Å². The van der Waals surface area contributed by atoms with Gasteiger partial charge in [0.2, 0.25) is 5.88 Å². The second kappa shape index (κ2) is 10.2. The molecule has 204 valence electrons. The molecule has 41 heavy (non-hydrogen) atoms. The molecule has 2 aromatic carbocycles. The second-order valence-corrected chi connectivity index (χ2v) is 9.36. The van der Waals surface area contributed by atoms with E-state index in [1.54, 1.807) is 55.7 Å². The zero-order valence-corrected chi connectivity index (χ0v) is 22.1. The van der Waals surface area contributed by atoms with E-state index in [9.17, 15) is 9.59 Å². The zero-order valence-electron chi connectivity index (χ0n) is 22.1. The van der Waals surface area contributed by atoms with Gasteiger partial charge in [-0.15, -0.1) is 5.10 Å². The highest BCUT2D eigenvalue weighted by molar-refractivity contribution is 6.04. The molecule has 0 bridgehead atoms. The van der Waals surface area contributed by atoms with Crippen LogP contribution in [-0.2, 0) is 0 Å². The molecule has 0 unspecified atom stereocenters. The number of carbonyl (C=O) groups excluding carboxylic acids is 1. The summed E-state index contributed by atoms with van der Waals surface area (Å²) in [6, 6.07) is 18.5. The number of nitrogens with two attached hydrogens (primary N) is 1. The third kappa shape index (κ3) is 4.42. The monoisotopic (exact) mass is 549 g/mol. The minimum atomic E-state index is -0.653. The van der Waals surface area contributed by atoms with E-state index < -0.39 is 17.8 Å². The lowest BCUT2D eigenvalue weighted by atomic mass is 9.98. The summed E-state index contributed by atoms with van der Waals surface area (Å²) < 4.78 is 23.2. The lowest BCUT2D eigenvalue weighted by molar-refractivity contribution is 0.0941. The van der Waals surface area contributed by atoms with Crippen LogP contribution in [0.25, 0.3) is 33.2 Å². The number of carbonyl (C=O) groups is 1. The Morgan fingerprint density at radius 2 is 1.85 bits per heavy atom. The van der Waals surface area contributed by atoms with Crippen LogP contribution in [0.15, 0.2) is 90.1 Å². The molecule has 0 fully saturated rings. The lowest BCUT2D eigenvalue weighted by Gasteiger charge is -2.21. The lowest BCUT2D eigenvalue weighted by Crippen LogP contribution is -2.32. The normalized spacial score (nSPS) is 12.0. The van der Waals surface area contributed by atoms with Gasteiger partial charge in [0.25, 0.3) is 11.5 Å². The number of aromatic nitrogens is 5. The molecule has 6 aromatic rings. The van der Waals surface area contributed by atoms with Crippen molar-refractivity contribution in [1.82, 2.24) is 29.5 Å². The highest BCUT2D eigenvalue weighted by atomic mass is 19.1. The Hall–Kier alpha value is -5.58. The fraction of sp³-hybridized carbons (Fsp3) is 0.100. The molecule has 0 aliphatic heterocycles. The molecule has 10 nitrogen and oxygen atoms in total. The van der Waals surface area contributed by atoms with Crippen LogP contribution in [0.4, 0.5) is 10.2 Å². The number of anilines is 1. The first kappa shape index (κ1) is 25.7. The third-order valence-corrected chi connectivity index (χ3v) is 6.86. The third-order valence-electron chi connectivity index (χ3n) is 6.86. The fourth-order valence-corrected chi connectivity index (χ4v) is 4.97. The number of benzene rings is 2. The maximum atomic E-state index is 15.0. The predicted octanol–water partition coefficient (Wildman–Crippen LogP) is 4.32. The summed E-state index contributed by atoms with van der Waals surface area (Å²) in [7, 11) is 1.44. The molecule has 0 saturated heterocycles. The summed E-state index contributed by atoms with van der Waals surface area (Å²) in [5.74, 6) is -0.827. The Morgan fingerprint density at radius 3 is 2.63 bits per heavy atom. The van der Waals surface area contributed by atoms with Crippen LogP contribution in [0, 0.1) is 5.82 Å². The van der Waals surface area contributed by atoms with Gasteiger partial charge in [0.15, 0.2) is 11.5 Å². The molecule has 1 amide bonds. The van der Waals surface area contributed by atoms with Crippen molar-refractivity contribution in [2.45, 2.75) is 13.0 Å². The van der Waals surface area contributed by atoms with Crippen molar-refractivity contribution in [3.05, 3.63) is 113 Å². The molecule has 4 heterocycles. The smallest absolute Gasteiger partial charge is 0.263 e. The molecule has 11 heteroatoms. The van der Waals surface area contributed by atoms with Gasteiger partial charge in [-0.1, -0.05) is 36.4 Å². The molecule has 0 saturated carbocycles. The summed E-state index contributed by atoms with van der Waals surface area (Å²) in [6.07, 6.45) is 4.26. The molecule has 0 radical (unpaired) electrons. The summed E-state index contributed by atoms with van der Waals surface area (Å²) in [6.45, 7) is 1.77. The van der Waals surface area contributed by atoms with Gasteiger partial charge in [0.05, 0.1) is 24.7 Å². The molecular formula is C30H24FN7O3. The zero-order chi connectivity index (χ0) is 28.7. The van der Waals surface area contributed by atoms with Crippen LogP contribution in [0.2, 0.25) is 0 Å². The van der Waals surface area contributed by atoms with E-state index >= 15 is 4.39 Å². The molecule has 0 spiro atoms. The van der Waals surface area contributed by atoms with Gasteiger partial charge in [-0.3, -0.25) is 14.2 Å². The van der Waals surface area contributed by atoms with E-state index in [0.29, 0.717) is 33.4 Å². The first-order chi connectivity index (χ1) is 19.9. The Labute approximate surface area is 232 Å². The van der Waals surface area contributed by atoms with Gasteiger partial charge in [-0.2, -0.15) is 0 Å². The topological polar surface area (TPSA) is 129 Å². The van der Waals surface area contributed by atoms with E-state index in [1.165, 1.54) is 22.3 Å². The summed E-state index contributed by atoms with van der Waals surface area (Å²) in [5.41, 5.74) is 7.79. The van der Waals surface area contributed by atoms with E-state index in [1.807, 2.05) is 24.3 Å². The van der Waals surface area contributed by atoms with E-state index in [2.05, 4.69) is 20.4 Å². The predicted molar refractivity (Wildman–Crippen MR) is 153 cm³/mol. The van der Waals surface area contributed by atoms with Crippen molar-refractivity contribution < 1.29 is 13.9 Å². The number of halogens is 1. The van der Waals surface area contributed by atoms with Crippen molar-refractivity contribution in [3.63, 3.8) is 0 Å². The van der Waals surface area contributed by atoms with Crippen LogP contribution in [0.5, 0.6) is 5.88 Å². The number of nitrogens with one attached hydrogen (secondary N) is 1. The van der Waals surface area contributed by atoms with Crippen LogP contribution in [-0.4, -0.2) is 37.2 Å². The van der Waals surface area contributed by atoms with Crippen LogP contribution >= 0.6 is 0 Å². The maximum Gasteiger partial charge on any atom is 0.263 e. The minimum Gasteiger partial charge on any atom is -0.481 e.